The quantitative estimate of drug-likeness (QED) is 0.823. The second-order valence-electron chi connectivity index (χ2n) is 4.31. The number of nitrogens with zero attached hydrogens (tertiary/aromatic N) is 1. The van der Waals surface area contributed by atoms with E-state index in [0.29, 0.717) is 10.6 Å². The van der Waals surface area contributed by atoms with E-state index in [4.69, 9.17) is 0 Å². The zero-order chi connectivity index (χ0) is 13.1. The third-order valence-corrected chi connectivity index (χ3v) is 2.48. The van der Waals surface area contributed by atoms with Crippen LogP contribution in [-0.4, -0.2) is 22.5 Å². The SMILES string of the molecule is CC(C)C(N(O)Cc1ccccc1)C(F)(F)F. The summed E-state index contributed by atoms with van der Waals surface area (Å²) in [5, 5.41) is 9.94. The van der Waals surface area contributed by atoms with Gasteiger partial charge < -0.3 is 5.21 Å². The van der Waals surface area contributed by atoms with Gasteiger partial charge in [0.05, 0.1) is 0 Å². The average molecular weight is 247 g/mol. The van der Waals surface area contributed by atoms with Crippen molar-refractivity contribution < 1.29 is 18.4 Å². The van der Waals surface area contributed by atoms with E-state index in [1.54, 1.807) is 30.3 Å². The van der Waals surface area contributed by atoms with E-state index in [2.05, 4.69) is 0 Å². The lowest BCUT2D eigenvalue weighted by molar-refractivity contribution is -0.266. The highest BCUT2D eigenvalue weighted by molar-refractivity contribution is 5.14. The van der Waals surface area contributed by atoms with Crippen molar-refractivity contribution in [2.24, 2.45) is 5.92 Å². The van der Waals surface area contributed by atoms with Gasteiger partial charge in [0.1, 0.15) is 6.04 Å². The Kier molecular flexibility index (Phi) is 4.54. The van der Waals surface area contributed by atoms with Gasteiger partial charge in [0.2, 0.25) is 0 Å². The maximum absolute atomic E-state index is 12.7. The first-order chi connectivity index (χ1) is 7.82. The summed E-state index contributed by atoms with van der Waals surface area (Å²) in [6.07, 6.45) is -4.43. The molecule has 0 bridgehead atoms. The molecule has 17 heavy (non-hydrogen) atoms. The van der Waals surface area contributed by atoms with Crippen LogP contribution in [0.2, 0.25) is 0 Å². The van der Waals surface area contributed by atoms with E-state index in [0.717, 1.165) is 0 Å². The molecule has 5 heteroatoms. The Balaban J connectivity index is 2.77. The lowest BCUT2D eigenvalue weighted by Crippen LogP contribution is -2.47. The number of benzene rings is 1. The molecule has 1 aromatic carbocycles. The highest BCUT2D eigenvalue weighted by Gasteiger charge is 2.45. The van der Waals surface area contributed by atoms with E-state index < -0.39 is 18.1 Å². The van der Waals surface area contributed by atoms with E-state index in [-0.39, 0.29) is 6.54 Å². The summed E-state index contributed by atoms with van der Waals surface area (Å²) in [5.41, 5.74) is 0.643. The van der Waals surface area contributed by atoms with Gasteiger partial charge in [-0.2, -0.15) is 18.2 Å². The van der Waals surface area contributed by atoms with Crippen molar-refractivity contribution in [3.05, 3.63) is 35.9 Å². The molecule has 1 unspecified atom stereocenters. The molecule has 0 aliphatic heterocycles. The standard InChI is InChI=1S/C12H16F3NO/c1-9(2)11(12(13,14)15)16(17)8-10-6-4-3-5-7-10/h3-7,9,11,17H,8H2,1-2H3. The Bertz CT molecular complexity index is 337. The number of hydrogen-bond acceptors (Lipinski definition) is 2. The Hall–Kier alpha value is -1.07. The van der Waals surface area contributed by atoms with Crippen LogP contribution in [0.5, 0.6) is 0 Å². The second-order valence-corrected chi connectivity index (χ2v) is 4.31. The minimum absolute atomic E-state index is 0.136. The normalized spacial score (nSPS) is 14.4. The van der Waals surface area contributed by atoms with Crippen LogP contribution in [-0.2, 0) is 6.54 Å². The first-order valence-corrected chi connectivity index (χ1v) is 5.38. The Morgan fingerprint density at radius 1 is 1.18 bits per heavy atom. The van der Waals surface area contributed by atoms with Gasteiger partial charge >= 0.3 is 6.18 Å². The molecule has 0 heterocycles. The molecule has 0 aliphatic rings. The molecule has 0 fully saturated rings. The minimum Gasteiger partial charge on any atom is -0.313 e. The molecule has 1 aromatic rings. The van der Waals surface area contributed by atoms with Crippen LogP contribution in [0.1, 0.15) is 19.4 Å². The molecule has 1 N–H and O–H groups in total. The fourth-order valence-electron chi connectivity index (χ4n) is 1.76. The molecule has 0 aromatic heterocycles. The van der Waals surface area contributed by atoms with Gasteiger partial charge in [0.25, 0.3) is 0 Å². The molecule has 0 aliphatic carbocycles. The molecule has 0 radical (unpaired) electrons. The molecule has 0 amide bonds. The van der Waals surface area contributed by atoms with Crippen molar-refractivity contribution >= 4 is 0 Å². The van der Waals surface area contributed by atoms with Crippen LogP contribution in [0.25, 0.3) is 0 Å². The largest absolute Gasteiger partial charge is 0.406 e. The van der Waals surface area contributed by atoms with E-state index in [9.17, 15) is 18.4 Å². The molecule has 2 nitrogen and oxygen atoms in total. The minimum atomic E-state index is -4.43. The molecule has 0 saturated carbocycles. The van der Waals surface area contributed by atoms with Crippen molar-refractivity contribution in [2.75, 3.05) is 0 Å². The van der Waals surface area contributed by atoms with Crippen molar-refractivity contribution in [1.82, 2.24) is 5.06 Å². The molecular formula is C12H16F3NO. The monoisotopic (exact) mass is 247 g/mol. The topological polar surface area (TPSA) is 23.5 Å². The van der Waals surface area contributed by atoms with Crippen LogP contribution in [0.4, 0.5) is 13.2 Å². The first kappa shape index (κ1) is 14.0. The second kappa shape index (κ2) is 5.51. The van der Waals surface area contributed by atoms with Gasteiger partial charge in [-0.1, -0.05) is 44.2 Å². The van der Waals surface area contributed by atoms with Gasteiger partial charge in [-0.15, -0.1) is 0 Å². The summed E-state index contributed by atoms with van der Waals surface area (Å²) in [6.45, 7) is 2.74. The predicted molar refractivity (Wildman–Crippen MR) is 58.5 cm³/mol. The summed E-state index contributed by atoms with van der Waals surface area (Å²) < 4.78 is 38.2. The van der Waals surface area contributed by atoms with Crippen molar-refractivity contribution in [1.29, 1.82) is 0 Å². The van der Waals surface area contributed by atoms with Crippen molar-refractivity contribution in [3.8, 4) is 0 Å². The van der Waals surface area contributed by atoms with Crippen molar-refractivity contribution in [2.45, 2.75) is 32.6 Å². The molecule has 1 atom stereocenters. The fraction of sp³-hybridized carbons (Fsp3) is 0.500. The zero-order valence-corrected chi connectivity index (χ0v) is 9.78. The Morgan fingerprint density at radius 3 is 2.12 bits per heavy atom. The molecular weight excluding hydrogens is 231 g/mol. The molecule has 96 valence electrons. The number of alkyl halides is 3. The smallest absolute Gasteiger partial charge is 0.313 e. The molecule has 1 rings (SSSR count). The average Bonchev–Trinajstić information content (AvgIpc) is 2.15. The maximum Gasteiger partial charge on any atom is 0.406 e. The van der Waals surface area contributed by atoms with Gasteiger partial charge in [0, 0.05) is 6.54 Å². The summed E-state index contributed by atoms with van der Waals surface area (Å²) in [4.78, 5) is 0. The third kappa shape index (κ3) is 4.02. The molecule has 0 saturated heterocycles. The fourth-order valence-corrected chi connectivity index (χ4v) is 1.76. The lowest BCUT2D eigenvalue weighted by atomic mass is 10.0. The highest BCUT2D eigenvalue weighted by Crippen LogP contribution is 2.30. The number of halogens is 3. The van der Waals surface area contributed by atoms with Crippen LogP contribution in [0.15, 0.2) is 30.3 Å². The molecule has 0 spiro atoms. The third-order valence-electron chi connectivity index (χ3n) is 2.48. The van der Waals surface area contributed by atoms with E-state index in [1.807, 2.05) is 0 Å². The van der Waals surface area contributed by atoms with E-state index >= 15 is 0 Å². The van der Waals surface area contributed by atoms with Gasteiger partial charge in [-0.25, -0.2) is 0 Å². The highest BCUT2D eigenvalue weighted by atomic mass is 19.4. The number of hydroxylamine groups is 2. The Morgan fingerprint density at radius 2 is 1.71 bits per heavy atom. The Labute approximate surface area is 98.6 Å². The first-order valence-electron chi connectivity index (χ1n) is 5.38. The van der Waals surface area contributed by atoms with Gasteiger partial charge in [-0.3, -0.25) is 0 Å². The van der Waals surface area contributed by atoms with Crippen LogP contribution >= 0.6 is 0 Å². The van der Waals surface area contributed by atoms with Crippen molar-refractivity contribution in [3.63, 3.8) is 0 Å². The number of rotatable bonds is 4. The van der Waals surface area contributed by atoms with Gasteiger partial charge in [-0.05, 0) is 11.5 Å². The summed E-state index contributed by atoms with van der Waals surface area (Å²) in [6, 6.07) is 6.73. The van der Waals surface area contributed by atoms with Crippen LogP contribution in [0, 0.1) is 5.92 Å². The predicted octanol–water partition coefficient (Wildman–Crippen LogP) is 3.46. The van der Waals surface area contributed by atoms with Crippen LogP contribution in [0.3, 0.4) is 0 Å². The summed E-state index contributed by atoms with van der Waals surface area (Å²) in [5.74, 6) is -0.705. The lowest BCUT2D eigenvalue weighted by Gasteiger charge is -2.30. The van der Waals surface area contributed by atoms with E-state index in [1.165, 1.54) is 13.8 Å². The summed E-state index contributed by atoms with van der Waals surface area (Å²) in [7, 11) is 0. The number of hydrogen-bond donors (Lipinski definition) is 1. The van der Waals surface area contributed by atoms with Gasteiger partial charge in [0.15, 0.2) is 0 Å². The summed E-state index contributed by atoms with van der Waals surface area (Å²) >= 11 is 0. The van der Waals surface area contributed by atoms with Crippen LogP contribution < -0.4 is 0 Å². The zero-order valence-electron chi connectivity index (χ0n) is 9.78. The maximum atomic E-state index is 12.7.